The molecule has 0 radical (unpaired) electrons. The fourth-order valence-electron chi connectivity index (χ4n) is 1.83. The van der Waals surface area contributed by atoms with Crippen molar-refractivity contribution < 1.29 is 4.79 Å². The Balaban J connectivity index is 2.40. The molecule has 0 aliphatic rings. The highest BCUT2D eigenvalue weighted by molar-refractivity contribution is 5.92. The van der Waals surface area contributed by atoms with Gasteiger partial charge in [-0.1, -0.05) is 6.42 Å². The summed E-state index contributed by atoms with van der Waals surface area (Å²) < 4.78 is 1.99. The van der Waals surface area contributed by atoms with E-state index in [9.17, 15) is 4.79 Å². The van der Waals surface area contributed by atoms with E-state index in [0.29, 0.717) is 0 Å². The molecule has 0 aliphatic carbocycles. The summed E-state index contributed by atoms with van der Waals surface area (Å²) >= 11 is 0. The SMILES string of the molecule is CC(=O)c1cccn1CCCCC(C)(C)C#N. The fraction of sp³-hybridized carbons (Fsp3) is 0.571. The molecule has 0 saturated heterocycles. The average Bonchev–Trinajstić information content (AvgIpc) is 2.73. The molecule has 3 nitrogen and oxygen atoms in total. The Bertz CT molecular complexity index is 424. The highest BCUT2D eigenvalue weighted by Crippen LogP contribution is 2.21. The van der Waals surface area contributed by atoms with Crippen LogP contribution in [0.15, 0.2) is 18.3 Å². The third kappa shape index (κ3) is 4.07. The number of carbonyl (C=O) groups is 1. The van der Waals surface area contributed by atoms with Gasteiger partial charge < -0.3 is 4.57 Å². The lowest BCUT2D eigenvalue weighted by Crippen LogP contribution is -2.09. The van der Waals surface area contributed by atoms with Crippen LogP contribution in [0.5, 0.6) is 0 Å². The minimum absolute atomic E-state index is 0.104. The second-order valence-electron chi connectivity index (χ2n) is 5.10. The first-order valence-corrected chi connectivity index (χ1v) is 6.03. The summed E-state index contributed by atoms with van der Waals surface area (Å²) in [6.07, 6.45) is 4.85. The van der Waals surface area contributed by atoms with Crippen LogP contribution < -0.4 is 0 Å². The van der Waals surface area contributed by atoms with Gasteiger partial charge in [-0.15, -0.1) is 0 Å². The Labute approximate surface area is 103 Å². The van der Waals surface area contributed by atoms with Crippen molar-refractivity contribution >= 4 is 5.78 Å². The Kier molecular flexibility index (Phi) is 4.51. The minimum atomic E-state index is -0.236. The van der Waals surface area contributed by atoms with Crippen LogP contribution in [0.3, 0.4) is 0 Å². The monoisotopic (exact) mass is 232 g/mol. The molecular weight excluding hydrogens is 212 g/mol. The van der Waals surface area contributed by atoms with Crippen LogP contribution in [0.2, 0.25) is 0 Å². The number of hydrogen-bond donors (Lipinski definition) is 0. The van der Waals surface area contributed by atoms with Gasteiger partial charge in [0, 0.05) is 19.7 Å². The summed E-state index contributed by atoms with van der Waals surface area (Å²) in [5.41, 5.74) is 0.532. The quantitative estimate of drug-likeness (QED) is 0.557. The summed E-state index contributed by atoms with van der Waals surface area (Å²) in [5, 5.41) is 8.89. The highest BCUT2D eigenvalue weighted by Gasteiger charge is 2.15. The molecule has 0 atom stereocenters. The number of nitriles is 1. The molecule has 3 heteroatoms. The number of unbranched alkanes of at least 4 members (excludes halogenated alkanes) is 1. The molecule has 0 spiro atoms. The molecule has 0 fully saturated rings. The lowest BCUT2D eigenvalue weighted by atomic mass is 9.89. The number of hydrogen-bond acceptors (Lipinski definition) is 2. The summed E-state index contributed by atoms with van der Waals surface area (Å²) in [5.74, 6) is 0.104. The van der Waals surface area contributed by atoms with Crippen molar-refractivity contribution in [2.75, 3.05) is 0 Å². The van der Waals surface area contributed by atoms with Crippen molar-refractivity contribution in [1.29, 1.82) is 5.26 Å². The number of ketones is 1. The maximum absolute atomic E-state index is 11.3. The van der Waals surface area contributed by atoms with Crippen LogP contribution >= 0.6 is 0 Å². The maximum Gasteiger partial charge on any atom is 0.176 e. The van der Waals surface area contributed by atoms with Crippen LogP contribution in [0.4, 0.5) is 0 Å². The molecule has 1 aromatic rings. The Morgan fingerprint density at radius 2 is 2.18 bits per heavy atom. The molecule has 1 heterocycles. The smallest absolute Gasteiger partial charge is 0.176 e. The molecule has 1 rings (SSSR count). The van der Waals surface area contributed by atoms with Gasteiger partial charge in [0.1, 0.15) is 0 Å². The molecule has 17 heavy (non-hydrogen) atoms. The Hall–Kier alpha value is -1.56. The van der Waals surface area contributed by atoms with E-state index < -0.39 is 0 Å². The van der Waals surface area contributed by atoms with Gasteiger partial charge in [-0.25, -0.2) is 0 Å². The lowest BCUT2D eigenvalue weighted by molar-refractivity contribution is 0.100. The zero-order chi connectivity index (χ0) is 12.9. The van der Waals surface area contributed by atoms with Gasteiger partial charge in [-0.3, -0.25) is 4.79 Å². The van der Waals surface area contributed by atoms with E-state index in [4.69, 9.17) is 5.26 Å². The number of carbonyl (C=O) groups excluding carboxylic acids is 1. The van der Waals surface area contributed by atoms with E-state index in [1.807, 2.05) is 36.7 Å². The largest absolute Gasteiger partial charge is 0.345 e. The molecule has 0 amide bonds. The molecule has 0 aromatic carbocycles. The lowest BCUT2D eigenvalue weighted by Gasteiger charge is -2.14. The van der Waals surface area contributed by atoms with Crippen molar-refractivity contribution in [1.82, 2.24) is 4.57 Å². The summed E-state index contributed by atoms with van der Waals surface area (Å²) in [6, 6.07) is 6.05. The van der Waals surface area contributed by atoms with E-state index in [1.165, 1.54) is 0 Å². The zero-order valence-electron chi connectivity index (χ0n) is 10.9. The third-order valence-electron chi connectivity index (χ3n) is 2.94. The summed E-state index contributed by atoms with van der Waals surface area (Å²) in [6.45, 7) is 6.36. The van der Waals surface area contributed by atoms with Gasteiger partial charge in [0.2, 0.25) is 0 Å². The number of rotatable bonds is 6. The van der Waals surface area contributed by atoms with Gasteiger partial charge in [0.05, 0.1) is 17.2 Å². The van der Waals surface area contributed by atoms with Gasteiger partial charge in [0.15, 0.2) is 5.78 Å². The normalized spacial score (nSPS) is 11.2. The number of nitrogens with zero attached hydrogens (tertiary/aromatic N) is 2. The Morgan fingerprint density at radius 1 is 1.47 bits per heavy atom. The van der Waals surface area contributed by atoms with Crippen molar-refractivity contribution in [3.63, 3.8) is 0 Å². The second kappa shape index (κ2) is 5.67. The van der Waals surface area contributed by atoms with Gasteiger partial charge >= 0.3 is 0 Å². The number of aromatic nitrogens is 1. The van der Waals surface area contributed by atoms with Crippen LogP contribution in [-0.2, 0) is 6.54 Å². The minimum Gasteiger partial charge on any atom is -0.345 e. The van der Waals surface area contributed by atoms with Crippen molar-refractivity contribution in [3.05, 3.63) is 24.0 Å². The predicted molar refractivity (Wildman–Crippen MR) is 67.7 cm³/mol. The standard InChI is InChI=1S/C14H20N2O/c1-12(17)13-7-6-10-16(13)9-5-4-8-14(2,3)11-15/h6-7,10H,4-5,8-9H2,1-3H3. The molecule has 0 bridgehead atoms. The summed E-state index contributed by atoms with van der Waals surface area (Å²) in [4.78, 5) is 11.3. The average molecular weight is 232 g/mol. The topological polar surface area (TPSA) is 45.8 Å². The van der Waals surface area contributed by atoms with Crippen molar-refractivity contribution in [2.45, 2.75) is 46.6 Å². The predicted octanol–water partition coefficient (Wildman–Crippen LogP) is 3.41. The molecule has 92 valence electrons. The van der Waals surface area contributed by atoms with Crippen LogP contribution in [0.25, 0.3) is 0 Å². The first-order chi connectivity index (χ1) is 7.96. The molecule has 0 aliphatic heterocycles. The van der Waals surface area contributed by atoms with Gasteiger partial charge in [-0.2, -0.15) is 5.26 Å². The van der Waals surface area contributed by atoms with E-state index in [2.05, 4.69) is 6.07 Å². The Morgan fingerprint density at radius 3 is 2.76 bits per heavy atom. The third-order valence-corrected chi connectivity index (χ3v) is 2.94. The van der Waals surface area contributed by atoms with Gasteiger partial charge in [0.25, 0.3) is 0 Å². The molecular formula is C14H20N2O. The molecule has 0 N–H and O–H groups in total. The van der Waals surface area contributed by atoms with Crippen LogP contribution in [-0.4, -0.2) is 10.4 Å². The first-order valence-electron chi connectivity index (χ1n) is 6.03. The van der Waals surface area contributed by atoms with E-state index >= 15 is 0 Å². The van der Waals surface area contributed by atoms with Gasteiger partial charge in [-0.05, 0) is 38.8 Å². The molecule has 0 saturated carbocycles. The van der Waals surface area contributed by atoms with E-state index in [-0.39, 0.29) is 11.2 Å². The highest BCUT2D eigenvalue weighted by atomic mass is 16.1. The maximum atomic E-state index is 11.3. The van der Waals surface area contributed by atoms with Crippen molar-refractivity contribution in [2.24, 2.45) is 5.41 Å². The van der Waals surface area contributed by atoms with Crippen LogP contribution in [0, 0.1) is 16.7 Å². The number of aryl methyl sites for hydroxylation is 1. The summed E-state index contributed by atoms with van der Waals surface area (Å²) in [7, 11) is 0. The zero-order valence-corrected chi connectivity index (χ0v) is 10.9. The number of Topliss-reactive ketones (excluding diaryl/α,β-unsaturated/α-hetero) is 1. The molecule has 0 unspecified atom stereocenters. The van der Waals surface area contributed by atoms with Crippen molar-refractivity contribution in [3.8, 4) is 6.07 Å². The first kappa shape index (κ1) is 13.5. The fourth-order valence-corrected chi connectivity index (χ4v) is 1.83. The van der Waals surface area contributed by atoms with E-state index in [1.54, 1.807) is 6.92 Å². The van der Waals surface area contributed by atoms with E-state index in [0.717, 1.165) is 31.5 Å². The second-order valence-corrected chi connectivity index (χ2v) is 5.10. The molecule has 1 aromatic heterocycles. The van der Waals surface area contributed by atoms with Crippen LogP contribution in [0.1, 0.15) is 50.5 Å².